The van der Waals surface area contributed by atoms with Gasteiger partial charge >= 0.3 is 0 Å². The van der Waals surface area contributed by atoms with Gasteiger partial charge in [-0.1, -0.05) is 41.5 Å². The molecule has 0 aromatic rings. The molecular formula is C15H32N2. The van der Waals surface area contributed by atoms with Gasteiger partial charge in [0.1, 0.15) is 0 Å². The van der Waals surface area contributed by atoms with E-state index in [1.165, 1.54) is 26.1 Å². The first kappa shape index (κ1) is 15.0. The zero-order valence-electron chi connectivity index (χ0n) is 12.7. The van der Waals surface area contributed by atoms with Gasteiger partial charge in [-0.05, 0) is 23.7 Å². The van der Waals surface area contributed by atoms with Gasteiger partial charge in [0.25, 0.3) is 0 Å². The second kappa shape index (κ2) is 6.19. The van der Waals surface area contributed by atoms with E-state index in [9.17, 15) is 0 Å². The van der Waals surface area contributed by atoms with Gasteiger partial charge in [-0.2, -0.15) is 0 Å². The fraction of sp³-hybridized carbons (Fsp3) is 1.00. The van der Waals surface area contributed by atoms with Crippen LogP contribution < -0.4 is 5.32 Å². The van der Waals surface area contributed by atoms with Crippen molar-refractivity contribution in [3.8, 4) is 0 Å². The van der Waals surface area contributed by atoms with Gasteiger partial charge in [-0.25, -0.2) is 0 Å². The van der Waals surface area contributed by atoms with Crippen LogP contribution in [-0.2, 0) is 0 Å². The number of likely N-dealkylation sites (tertiary alicyclic amines) is 1. The molecule has 1 aliphatic rings. The number of hydrogen-bond donors (Lipinski definition) is 1. The molecule has 102 valence electrons. The first-order valence-corrected chi connectivity index (χ1v) is 7.32. The summed E-state index contributed by atoms with van der Waals surface area (Å²) in [5.41, 5.74) is 0.425. The Kier molecular flexibility index (Phi) is 5.46. The van der Waals surface area contributed by atoms with Crippen LogP contribution in [0.5, 0.6) is 0 Å². The maximum Gasteiger partial charge on any atom is 0.00476 e. The number of nitrogens with zero attached hydrogens (tertiary/aromatic N) is 1. The minimum Gasteiger partial charge on any atom is -0.314 e. The third kappa shape index (κ3) is 4.59. The summed E-state index contributed by atoms with van der Waals surface area (Å²) in [6, 6.07) is 0.595. The Bertz CT molecular complexity index is 217. The van der Waals surface area contributed by atoms with E-state index in [0.29, 0.717) is 11.5 Å². The molecule has 0 bridgehead atoms. The van der Waals surface area contributed by atoms with Crippen LogP contribution >= 0.6 is 0 Å². The van der Waals surface area contributed by atoms with Crippen LogP contribution in [0.4, 0.5) is 0 Å². The van der Waals surface area contributed by atoms with E-state index < -0.39 is 0 Å². The first-order chi connectivity index (χ1) is 7.86. The summed E-state index contributed by atoms with van der Waals surface area (Å²) in [6.07, 6.45) is 1.26. The van der Waals surface area contributed by atoms with Crippen molar-refractivity contribution in [1.29, 1.82) is 0 Å². The van der Waals surface area contributed by atoms with E-state index in [0.717, 1.165) is 18.4 Å². The summed E-state index contributed by atoms with van der Waals surface area (Å²) < 4.78 is 0. The minimum atomic E-state index is 0.425. The highest BCUT2D eigenvalue weighted by atomic mass is 15.2. The lowest BCUT2D eigenvalue weighted by Crippen LogP contribution is -2.43. The van der Waals surface area contributed by atoms with Gasteiger partial charge in [0.05, 0.1) is 0 Å². The summed E-state index contributed by atoms with van der Waals surface area (Å²) in [4.78, 5) is 2.67. The third-order valence-corrected chi connectivity index (χ3v) is 4.46. The summed E-state index contributed by atoms with van der Waals surface area (Å²) in [5, 5.41) is 3.61. The van der Waals surface area contributed by atoms with Crippen LogP contribution in [0, 0.1) is 17.3 Å². The predicted molar refractivity (Wildman–Crippen MR) is 76.3 cm³/mol. The molecule has 0 radical (unpaired) electrons. The molecule has 2 nitrogen and oxygen atoms in total. The van der Waals surface area contributed by atoms with Crippen molar-refractivity contribution in [2.24, 2.45) is 17.3 Å². The van der Waals surface area contributed by atoms with E-state index in [-0.39, 0.29) is 0 Å². The molecule has 3 unspecified atom stereocenters. The second-order valence-corrected chi connectivity index (χ2v) is 6.85. The normalized spacial score (nSPS) is 29.8. The molecule has 0 aromatic carbocycles. The molecule has 0 aromatic heterocycles. The Labute approximate surface area is 108 Å². The molecule has 0 amide bonds. The van der Waals surface area contributed by atoms with Crippen molar-refractivity contribution in [2.75, 3.05) is 26.2 Å². The smallest absolute Gasteiger partial charge is 0.00476 e. The molecule has 1 saturated heterocycles. The fourth-order valence-electron chi connectivity index (χ4n) is 2.66. The molecule has 3 atom stereocenters. The number of hydrogen-bond acceptors (Lipinski definition) is 2. The maximum absolute atomic E-state index is 3.61. The standard InChI is InChI=1S/C15H32N2/c1-7-15(6,10-16-12(2)3)11-17-8-13(4)14(5)9-17/h12-14,16H,7-11H2,1-6H3. The second-order valence-electron chi connectivity index (χ2n) is 6.85. The van der Waals surface area contributed by atoms with E-state index >= 15 is 0 Å². The highest BCUT2D eigenvalue weighted by molar-refractivity contribution is 4.85. The molecule has 1 N–H and O–H groups in total. The Balaban J connectivity index is 2.45. The van der Waals surface area contributed by atoms with Crippen molar-refractivity contribution < 1.29 is 0 Å². The van der Waals surface area contributed by atoms with Crippen molar-refractivity contribution in [1.82, 2.24) is 10.2 Å². The molecule has 1 heterocycles. The Morgan fingerprint density at radius 3 is 2.18 bits per heavy atom. The SMILES string of the molecule is CCC(C)(CNC(C)C)CN1CC(C)C(C)C1. The van der Waals surface area contributed by atoms with Crippen LogP contribution in [-0.4, -0.2) is 37.1 Å². The van der Waals surface area contributed by atoms with Crippen molar-refractivity contribution >= 4 is 0 Å². The van der Waals surface area contributed by atoms with E-state index in [1.54, 1.807) is 0 Å². The summed E-state index contributed by atoms with van der Waals surface area (Å²) >= 11 is 0. The van der Waals surface area contributed by atoms with Crippen molar-refractivity contribution in [3.63, 3.8) is 0 Å². The summed E-state index contributed by atoms with van der Waals surface area (Å²) in [7, 11) is 0. The van der Waals surface area contributed by atoms with Crippen molar-refractivity contribution in [2.45, 2.75) is 54.0 Å². The van der Waals surface area contributed by atoms with Crippen molar-refractivity contribution in [3.05, 3.63) is 0 Å². The Hall–Kier alpha value is -0.0800. The van der Waals surface area contributed by atoms with Gasteiger partial charge in [0.15, 0.2) is 0 Å². The zero-order valence-corrected chi connectivity index (χ0v) is 12.7. The van der Waals surface area contributed by atoms with E-state index in [4.69, 9.17) is 0 Å². The number of rotatable bonds is 6. The van der Waals surface area contributed by atoms with Crippen LogP contribution in [0.15, 0.2) is 0 Å². The quantitative estimate of drug-likeness (QED) is 0.768. The molecular weight excluding hydrogens is 208 g/mol. The lowest BCUT2D eigenvalue weighted by Gasteiger charge is -2.34. The summed E-state index contributed by atoms with van der Waals surface area (Å²) in [6.45, 7) is 19.0. The lowest BCUT2D eigenvalue weighted by atomic mass is 9.86. The van der Waals surface area contributed by atoms with E-state index in [1.807, 2.05) is 0 Å². The maximum atomic E-state index is 3.61. The molecule has 2 heteroatoms. The average molecular weight is 240 g/mol. The largest absolute Gasteiger partial charge is 0.314 e. The third-order valence-electron chi connectivity index (χ3n) is 4.46. The molecule has 1 fully saturated rings. The van der Waals surface area contributed by atoms with Gasteiger partial charge < -0.3 is 10.2 Å². The minimum absolute atomic E-state index is 0.425. The van der Waals surface area contributed by atoms with Gasteiger partial charge in [-0.15, -0.1) is 0 Å². The lowest BCUT2D eigenvalue weighted by molar-refractivity contribution is 0.171. The van der Waals surface area contributed by atoms with Crippen LogP contribution in [0.2, 0.25) is 0 Å². The van der Waals surface area contributed by atoms with Crippen LogP contribution in [0.1, 0.15) is 48.0 Å². The van der Waals surface area contributed by atoms with Gasteiger partial charge in [0.2, 0.25) is 0 Å². The number of nitrogens with one attached hydrogen (secondary N) is 1. The fourth-order valence-corrected chi connectivity index (χ4v) is 2.66. The highest BCUT2D eigenvalue weighted by Crippen LogP contribution is 2.28. The van der Waals surface area contributed by atoms with Gasteiger partial charge in [0, 0.05) is 32.2 Å². The molecule has 1 aliphatic heterocycles. The van der Waals surface area contributed by atoms with Crippen LogP contribution in [0.3, 0.4) is 0 Å². The summed E-state index contributed by atoms with van der Waals surface area (Å²) in [5.74, 6) is 1.74. The molecule has 1 rings (SSSR count). The Morgan fingerprint density at radius 1 is 1.24 bits per heavy atom. The molecule has 0 spiro atoms. The molecule has 0 saturated carbocycles. The Morgan fingerprint density at radius 2 is 1.76 bits per heavy atom. The molecule has 0 aliphatic carbocycles. The highest BCUT2D eigenvalue weighted by Gasteiger charge is 2.31. The van der Waals surface area contributed by atoms with Gasteiger partial charge in [-0.3, -0.25) is 0 Å². The van der Waals surface area contributed by atoms with Crippen LogP contribution in [0.25, 0.3) is 0 Å². The molecule has 17 heavy (non-hydrogen) atoms. The van der Waals surface area contributed by atoms with E-state index in [2.05, 4.69) is 51.8 Å². The predicted octanol–water partition coefficient (Wildman–Crippen LogP) is 2.99. The zero-order chi connectivity index (χ0) is 13.1. The average Bonchev–Trinajstić information content (AvgIpc) is 2.55. The topological polar surface area (TPSA) is 15.3 Å². The first-order valence-electron chi connectivity index (χ1n) is 7.32. The monoisotopic (exact) mass is 240 g/mol.